The van der Waals surface area contributed by atoms with Crippen molar-refractivity contribution in [3.63, 3.8) is 0 Å². The van der Waals surface area contributed by atoms with Crippen LogP contribution >= 0.6 is 23.2 Å². The lowest BCUT2D eigenvalue weighted by molar-refractivity contribution is 0.322. The minimum atomic E-state index is 0.403. The summed E-state index contributed by atoms with van der Waals surface area (Å²) in [7, 11) is 0. The summed E-state index contributed by atoms with van der Waals surface area (Å²) in [6, 6.07) is 5.80. The number of halogens is 2. The quantitative estimate of drug-likeness (QED) is 0.732. The Labute approximate surface area is 107 Å². The van der Waals surface area contributed by atoms with Gasteiger partial charge in [0.2, 0.25) is 0 Å². The van der Waals surface area contributed by atoms with Gasteiger partial charge in [-0.25, -0.2) is 0 Å². The van der Waals surface area contributed by atoms with Crippen LogP contribution in [0.4, 0.5) is 0 Å². The van der Waals surface area contributed by atoms with Crippen LogP contribution in [-0.2, 0) is 11.2 Å². The van der Waals surface area contributed by atoms with Gasteiger partial charge < -0.3 is 4.74 Å². The molecule has 3 heteroatoms. The van der Waals surface area contributed by atoms with Gasteiger partial charge in [-0.2, -0.15) is 0 Å². The van der Waals surface area contributed by atoms with E-state index >= 15 is 0 Å². The molecule has 0 radical (unpaired) electrons. The van der Waals surface area contributed by atoms with Crippen LogP contribution in [0, 0.1) is 5.92 Å². The molecule has 0 spiro atoms. The summed E-state index contributed by atoms with van der Waals surface area (Å²) in [5, 5.41) is 1.32. The second kappa shape index (κ2) is 4.95. The van der Waals surface area contributed by atoms with Crippen LogP contribution in [0.1, 0.15) is 25.8 Å². The third-order valence-corrected chi connectivity index (χ3v) is 4.02. The van der Waals surface area contributed by atoms with Gasteiger partial charge in [0, 0.05) is 0 Å². The number of hydrogen-bond acceptors (Lipinski definition) is 1. The van der Waals surface area contributed by atoms with E-state index in [-0.39, 0.29) is 0 Å². The Morgan fingerprint density at radius 3 is 2.75 bits per heavy atom. The number of rotatable bonds is 4. The van der Waals surface area contributed by atoms with Crippen molar-refractivity contribution in [2.75, 3.05) is 0 Å². The van der Waals surface area contributed by atoms with Gasteiger partial charge in [-0.05, 0) is 30.4 Å². The van der Waals surface area contributed by atoms with E-state index in [2.05, 4.69) is 13.8 Å². The fourth-order valence-electron chi connectivity index (χ4n) is 2.15. The van der Waals surface area contributed by atoms with Gasteiger partial charge in [-0.15, -0.1) is 0 Å². The van der Waals surface area contributed by atoms with Gasteiger partial charge in [-0.3, -0.25) is 0 Å². The molecular weight excluding hydrogens is 243 g/mol. The summed E-state index contributed by atoms with van der Waals surface area (Å²) in [5.41, 5.74) is 1.12. The first-order valence-electron chi connectivity index (χ1n) is 5.71. The fraction of sp³-hybridized carbons (Fsp3) is 0.538. The summed E-state index contributed by atoms with van der Waals surface area (Å²) in [6.07, 6.45) is 2.88. The predicted molar refractivity (Wildman–Crippen MR) is 68.3 cm³/mol. The van der Waals surface area contributed by atoms with Crippen molar-refractivity contribution in [2.24, 2.45) is 5.92 Å². The molecule has 1 saturated heterocycles. The molecule has 1 aromatic rings. The third kappa shape index (κ3) is 2.53. The van der Waals surface area contributed by atoms with Crippen molar-refractivity contribution in [3.05, 3.63) is 33.8 Å². The van der Waals surface area contributed by atoms with Gasteiger partial charge in [-0.1, -0.05) is 49.2 Å². The summed E-state index contributed by atoms with van der Waals surface area (Å²) in [4.78, 5) is 0. The Bertz CT molecular complexity index is 378. The summed E-state index contributed by atoms with van der Waals surface area (Å²) in [6.45, 7) is 4.36. The molecule has 3 unspecified atom stereocenters. The largest absolute Gasteiger partial charge is 0.369 e. The molecule has 0 aromatic heterocycles. The molecule has 0 saturated carbocycles. The predicted octanol–water partition coefficient (Wildman–Crippen LogP) is 4.35. The molecule has 1 aromatic carbocycles. The summed E-state index contributed by atoms with van der Waals surface area (Å²) >= 11 is 12.1. The molecule has 88 valence electrons. The topological polar surface area (TPSA) is 12.5 Å². The van der Waals surface area contributed by atoms with E-state index in [4.69, 9.17) is 27.9 Å². The molecule has 0 aliphatic carbocycles. The first kappa shape index (κ1) is 12.2. The Kier molecular flexibility index (Phi) is 3.78. The number of epoxide rings is 1. The second-order valence-electron chi connectivity index (χ2n) is 4.44. The highest BCUT2D eigenvalue weighted by atomic mass is 35.5. The van der Waals surface area contributed by atoms with Gasteiger partial charge in [0.05, 0.1) is 22.3 Å². The zero-order chi connectivity index (χ0) is 11.7. The van der Waals surface area contributed by atoms with Crippen molar-refractivity contribution < 1.29 is 4.74 Å². The van der Waals surface area contributed by atoms with Crippen LogP contribution in [0.25, 0.3) is 0 Å². The maximum atomic E-state index is 6.16. The lowest BCUT2D eigenvalue weighted by Gasteiger charge is -2.10. The molecule has 1 nitrogen and oxygen atoms in total. The van der Waals surface area contributed by atoms with Crippen molar-refractivity contribution in [1.29, 1.82) is 0 Å². The summed E-state index contributed by atoms with van der Waals surface area (Å²) in [5.74, 6) is 0.501. The van der Waals surface area contributed by atoms with E-state index < -0.39 is 0 Å². The maximum absolute atomic E-state index is 6.16. The SMILES string of the molecule is CCC1OC1C(C)Cc1cccc(Cl)c1Cl. The Balaban J connectivity index is 2.01. The molecular formula is C13H16Cl2O. The minimum Gasteiger partial charge on any atom is -0.369 e. The minimum absolute atomic E-state index is 0.403. The third-order valence-electron chi connectivity index (χ3n) is 3.16. The fourth-order valence-corrected chi connectivity index (χ4v) is 2.55. The van der Waals surface area contributed by atoms with Crippen LogP contribution in [-0.4, -0.2) is 12.2 Å². The number of benzene rings is 1. The molecule has 2 rings (SSSR count). The molecule has 3 atom stereocenters. The number of hydrogen-bond donors (Lipinski definition) is 0. The van der Waals surface area contributed by atoms with Crippen LogP contribution in [0.2, 0.25) is 10.0 Å². The molecule has 16 heavy (non-hydrogen) atoms. The molecule has 1 heterocycles. The molecule has 1 aliphatic rings. The highest BCUT2D eigenvalue weighted by Crippen LogP contribution is 2.35. The normalized spacial score (nSPS) is 25.5. The second-order valence-corrected chi connectivity index (χ2v) is 5.23. The average molecular weight is 259 g/mol. The van der Waals surface area contributed by atoms with E-state index in [1.54, 1.807) is 0 Å². The van der Waals surface area contributed by atoms with E-state index in [0.29, 0.717) is 28.2 Å². The smallest absolute Gasteiger partial charge is 0.0870 e. The Hall–Kier alpha value is -0.240. The highest BCUT2D eigenvalue weighted by molar-refractivity contribution is 6.42. The van der Waals surface area contributed by atoms with Crippen molar-refractivity contribution >= 4 is 23.2 Å². The lowest BCUT2D eigenvalue weighted by atomic mass is 9.96. The molecule has 0 N–H and O–H groups in total. The van der Waals surface area contributed by atoms with E-state index in [0.717, 1.165) is 18.4 Å². The van der Waals surface area contributed by atoms with E-state index in [1.807, 2.05) is 18.2 Å². The first-order valence-corrected chi connectivity index (χ1v) is 6.47. The van der Waals surface area contributed by atoms with E-state index in [9.17, 15) is 0 Å². The van der Waals surface area contributed by atoms with Crippen molar-refractivity contribution in [1.82, 2.24) is 0 Å². The van der Waals surface area contributed by atoms with Gasteiger partial charge in [0.15, 0.2) is 0 Å². The Morgan fingerprint density at radius 1 is 1.38 bits per heavy atom. The van der Waals surface area contributed by atoms with Gasteiger partial charge in [0.1, 0.15) is 0 Å². The van der Waals surface area contributed by atoms with Crippen LogP contribution < -0.4 is 0 Å². The maximum Gasteiger partial charge on any atom is 0.0870 e. The molecule has 0 amide bonds. The summed E-state index contributed by atoms with van der Waals surface area (Å²) < 4.78 is 5.59. The van der Waals surface area contributed by atoms with Crippen LogP contribution in [0.15, 0.2) is 18.2 Å². The lowest BCUT2D eigenvalue weighted by Crippen LogP contribution is -2.10. The van der Waals surface area contributed by atoms with Crippen molar-refractivity contribution in [3.8, 4) is 0 Å². The average Bonchev–Trinajstić information content (AvgIpc) is 3.04. The molecule has 1 fully saturated rings. The van der Waals surface area contributed by atoms with Crippen LogP contribution in [0.3, 0.4) is 0 Å². The molecule has 0 bridgehead atoms. The Morgan fingerprint density at radius 2 is 2.12 bits per heavy atom. The van der Waals surface area contributed by atoms with Gasteiger partial charge in [0.25, 0.3) is 0 Å². The monoisotopic (exact) mass is 258 g/mol. The molecule has 1 aliphatic heterocycles. The first-order chi connectivity index (χ1) is 7.63. The van der Waals surface area contributed by atoms with Crippen molar-refractivity contribution in [2.45, 2.75) is 38.9 Å². The number of ether oxygens (including phenoxy) is 1. The zero-order valence-electron chi connectivity index (χ0n) is 9.54. The standard InChI is InChI=1S/C13H16Cl2O/c1-3-11-13(16-11)8(2)7-9-5-4-6-10(14)12(9)15/h4-6,8,11,13H,3,7H2,1-2H3. The van der Waals surface area contributed by atoms with E-state index in [1.165, 1.54) is 0 Å². The zero-order valence-corrected chi connectivity index (χ0v) is 11.1. The van der Waals surface area contributed by atoms with Crippen LogP contribution in [0.5, 0.6) is 0 Å². The highest BCUT2D eigenvalue weighted by Gasteiger charge is 2.41. The van der Waals surface area contributed by atoms with Gasteiger partial charge >= 0.3 is 0 Å².